The fourth-order valence-corrected chi connectivity index (χ4v) is 2.18. The average molecular weight is 370 g/mol. The molecule has 1 aromatic carbocycles. The van der Waals surface area contributed by atoms with E-state index in [0.717, 1.165) is 0 Å². The Kier molecular flexibility index (Phi) is 6.62. The minimum Gasteiger partial charge on any atom is -0.406 e. The first-order valence-corrected chi connectivity index (χ1v) is 8.13. The topological polar surface area (TPSA) is 79.3 Å². The largest absolute Gasteiger partial charge is 0.573 e. The number of alkyl halides is 3. The molecule has 0 fully saturated rings. The van der Waals surface area contributed by atoms with E-state index >= 15 is 0 Å². The molecule has 0 aliphatic heterocycles. The summed E-state index contributed by atoms with van der Waals surface area (Å²) in [7, 11) is 0. The number of rotatable bonds is 8. The summed E-state index contributed by atoms with van der Waals surface area (Å²) in [5.41, 5.74) is 0.911. The van der Waals surface area contributed by atoms with Crippen molar-refractivity contribution in [2.24, 2.45) is 0 Å². The van der Waals surface area contributed by atoms with Crippen LogP contribution < -0.4 is 15.4 Å². The predicted octanol–water partition coefficient (Wildman–Crippen LogP) is 3.66. The summed E-state index contributed by atoms with van der Waals surface area (Å²) in [5.74, 6) is 0.543. The van der Waals surface area contributed by atoms with Crippen molar-refractivity contribution in [1.82, 2.24) is 9.97 Å². The number of aliphatic hydroxyl groups is 1. The van der Waals surface area contributed by atoms with Gasteiger partial charge in [-0.25, -0.2) is 4.98 Å². The number of hydrogen-bond acceptors (Lipinski definition) is 6. The lowest BCUT2D eigenvalue weighted by atomic mass is 10.1. The van der Waals surface area contributed by atoms with Crippen LogP contribution in [-0.2, 0) is 0 Å². The minimum absolute atomic E-state index is 0.0284. The minimum atomic E-state index is -4.76. The van der Waals surface area contributed by atoms with Crippen molar-refractivity contribution >= 4 is 11.8 Å². The van der Waals surface area contributed by atoms with Gasteiger partial charge in [0.15, 0.2) is 0 Å². The van der Waals surface area contributed by atoms with E-state index in [0.29, 0.717) is 36.0 Å². The highest BCUT2D eigenvalue weighted by molar-refractivity contribution is 5.66. The molecule has 0 aliphatic rings. The van der Waals surface area contributed by atoms with Crippen molar-refractivity contribution in [3.05, 3.63) is 30.3 Å². The molecule has 2 rings (SSSR count). The molecule has 9 heteroatoms. The normalized spacial score (nSPS) is 11.5. The monoisotopic (exact) mass is 370 g/mol. The summed E-state index contributed by atoms with van der Waals surface area (Å²) in [6.45, 7) is 4.38. The summed E-state index contributed by atoms with van der Waals surface area (Å²) in [4.78, 5) is 8.67. The molecule has 2 aromatic rings. The van der Waals surface area contributed by atoms with Crippen molar-refractivity contribution in [2.75, 3.05) is 23.8 Å². The van der Waals surface area contributed by atoms with Gasteiger partial charge in [0.25, 0.3) is 0 Å². The zero-order valence-electron chi connectivity index (χ0n) is 14.5. The number of anilines is 2. The summed E-state index contributed by atoms with van der Waals surface area (Å²) in [6.07, 6.45) is -4.24. The molecule has 0 aliphatic carbocycles. The Balaban J connectivity index is 2.34. The van der Waals surface area contributed by atoms with Crippen molar-refractivity contribution in [3.63, 3.8) is 0 Å². The number of nitrogens with zero attached hydrogens (tertiary/aromatic N) is 2. The highest BCUT2D eigenvalue weighted by Gasteiger charge is 2.31. The molecule has 142 valence electrons. The Hall–Kier alpha value is -2.55. The van der Waals surface area contributed by atoms with Crippen LogP contribution in [-0.4, -0.2) is 40.6 Å². The number of ether oxygens (including phenoxy) is 1. The van der Waals surface area contributed by atoms with Crippen LogP contribution in [0.5, 0.6) is 5.75 Å². The van der Waals surface area contributed by atoms with Crippen LogP contribution in [0.15, 0.2) is 30.3 Å². The maximum absolute atomic E-state index is 12.4. The number of aliphatic hydroxyl groups excluding tert-OH is 1. The van der Waals surface area contributed by atoms with Gasteiger partial charge in [-0.2, -0.15) is 4.98 Å². The Morgan fingerprint density at radius 1 is 1.19 bits per heavy atom. The molecular weight excluding hydrogens is 349 g/mol. The Bertz CT molecular complexity index is 723. The highest BCUT2D eigenvalue weighted by Crippen LogP contribution is 2.28. The summed E-state index contributed by atoms with van der Waals surface area (Å²) in [5, 5.41) is 15.0. The van der Waals surface area contributed by atoms with E-state index in [1.807, 2.05) is 13.8 Å². The maximum atomic E-state index is 12.4. The lowest BCUT2D eigenvalue weighted by Gasteiger charge is -2.14. The quantitative estimate of drug-likeness (QED) is 0.616. The van der Waals surface area contributed by atoms with Crippen LogP contribution in [0.25, 0.3) is 11.3 Å². The van der Waals surface area contributed by atoms with E-state index in [2.05, 4.69) is 25.3 Å². The third-order valence-electron chi connectivity index (χ3n) is 3.14. The zero-order chi connectivity index (χ0) is 19.2. The van der Waals surface area contributed by atoms with E-state index in [4.69, 9.17) is 5.11 Å². The van der Waals surface area contributed by atoms with E-state index in [1.165, 1.54) is 18.2 Å². The molecule has 6 nitrogen and oxygen atoms in total. The molecule has 1 heterocycles. The number of aromatic nitrogens is 2. The third-order valence-corrected chi connectivity index (χ3v) is 3.14. The van der Waals surface area contributed by atoms with Gasteiger partial charge in [-0.1, -0.05) is 12.1 Å². The van der Waals surface area contributed by atoms with E-state index in [9.17, 15) is 13.2 Å². The molecule has 0 spiro atoms. The van der Waals surface area contributed by atoms with Gasteiger partial charge in [-0.15, -0.1) is 13.2 Å². The highest BCUT2D eigenvalue weighted by atomic mass is 19.4. The summed E-state index contributed by atoms with van der Waals surface area (Å²) >= 11 is 0. The van der Waals surface area contributed by atoms with Crippen LogP contribution in [0.3, 0.4) is 0 Å². The lowest BCUT2D eigenvalue weighted by Crippen LogP contribution is -2.17. The first-order valence-electron chi connectivity index (χ1n) is 8.13. The predicted molar refractivity (Wildman–Crippen MR) is 93.1 cm³/mol. The number of halogens is 3. The van der Waals surface area contributed by atoms with Gasteiger partial charge in [0.1, 0.15) is 11.6 Å². The molecule has 1 aromatic heterocycles. The first kappa shape index (κ1) is 19.8. The molecule has 0 radical (unpaired) electrons. The number of nitrogens with one attached hydrogen (secondary N) is 2. The number of hydrogen-bond donors (Lipinski definition) is 3. The summed E-state index contributed by atoms with van der Waals surface area (Å²) < 4.78 is 41.3. The average Bonchev–Trinajstić information content (AvgIpc) is 2.53. The van der Waals surface area contributed by atoms with Gasteiger partial charge in [-0.3, -0.25) is 0 Å². The van der Waals surface area contributed by atoms with Crippen LogP contribution in [0.1, 0.15) is 20.3 Å². The fraction of sp³-hybridized carbons (Fsp3) is 0.412. The van der Waals surface area contributed by atoms with E-state index < -0.39 is 6.36 Å². The molecule has 3 N–H and O–H groups in total. The van der Waals surface area contributed by atoms with Crippen molar-refractivity contribution in [1.29, 1.82) is 0 Å². The van der Waals surface area contributed by atoms with Crippen LogP contribution in [0, 0.1) is 0 Å². The smallest absolute Gasteiger partial charge is 0.406 e. The molecule has 26 heavy (non-hydrogen) atoms. The van der Waals surface area contributed by atoms with Crippen molar-refractivity contribution in [3.8, 4) is 17.0 Å². The van der Waals surface area contributed by atoms with Gasteiger partial charge in [0.2, 0.25) is 5.95 Å². The Labute approximate surface area is 149 Å². The van der Waals surface area contributed by atoms with E-state index in [-0.39, 0.29) is 18.4 Å². The standard InChI is InChI=1S/C17H21F3N4O2/c1-11(2)22-15-10-14(23-16(24-15)21-7-4-8-25)12-5-3-6-13(9-12)26-17(18,19)20/h3,5-6,9-11,25H,4,7-8H2,1-2H3,(H2,21,22,23,24). The summed E-state index contributed by atoms with van der Waals surface area (Å²) in [6, 6.07) is 7.38. The second-order valence-corrected chi connectivity index (χ2v) is 5.84. The third kappa shape index (κ3) is 6.40. The van der Waals surface area contributed by atoms with Crippen LogP contribution in [0.2, 0.25) is 0 Å². The lowest BCUT2D eigenvalue weighted by molar-refractivity contribution is -0.274. The SMILES string of the molecule is CC(C)Nc1cc(-c2cccc(OC(F)(F)F)c2)nc(NCCCO)n1. The molecule has 0 saturated heterocycles. The Morgan fingerprint density at radius 3 is 2.62 bits per heavy atom. The number of benzene rings is 1. The maximum Gasteiger partial charge on any atom is 0.573 e. The van der Waals surface area contributed by atoms with Crippen molar-refractivity contribution < 1.29 is 23.0 Å². The second kappa shape index (κ2) is 8.70. The van der Waals surface area contributed by atoms with Gasteiger partial charge in [0.05, 0.1) is 5.69 Å². The molecular formula is C17H21F3N4O2. The van der Waals surface area contributed by atoms with Crippen LogP contribution in [0.4, 0.5) is 24.9 Å². The zero-order valence-corrected chi connectivity index (χ0v) is 14.5. The van der Waals surface area contributed by atoms with Gasteiger partial charge in [-0.05, 0) is 32.4 Å². The molecule has 0 atom stereocenters. The molecule has 0 unspecified atom stereocenters. The molecule has 0 bridgehead atoms. The Morgan fingerprint density at radius 2 is 1.96 bits per heavy atom. The van der Waals surface area contributed by atoms with Gasteiger partial charge in [0, 0.05) is 30.8 Å². The van der Waals surface area contributed by atoms with Gasteiger partial charge < -0.3 is 20.5 Å². The fourth-order valence-electron chi connectivity index (χ4n) is 2.18. The first-order chi connectivity index (χ1) is 12.3. The molecule has 0 saturated carbocycles. The second-order valence-electron chi connectivity index (χ2n) is 5.84. The van der Waals surface area contributed by atoms with Gasteiger partial charge >= 0.3 is 6.36 Å². The van der Waals surface area contributed by atoms with Crippen molar-refractivity contribution in [2.45, 2.75) is 32.7 Å². The van der Waals surface area contributed by atoms with E-state index in [1.54, 1.807) is 12.1 Å². The van der Waals surface area contributed by atoms with Crippen LogP contribution >= 0.6 is 0 Å². The molecule has 0 amide bonds.